The molecule has 1 atom stereocenters. The Bertz CT molecular complexity index is 1240. The first-order valence-electron chi connectivity index (χ1n) is 11.6. The van der Waals surface area contributed by atoms with Gasteiger partial charge in [0, 0.05) is 24.3 Å². The van der Waals surface area contributed by atoms with Crippen LogP contribution in [0, 0.1) is 0 Å². The lowest BCUT2D eigenvalue weighted by Crippen LogP contribution is -2.55. The molecule has 8 nitrogen and oxygen atoms in total. The van der Waals surface area contributed by atoms with E-state index in [1.165, 1.54) is 12.1 Å². The summed E-state index contributed by atoms with van der Waals surface area (Å²) in [5.41, 5.74) is -1.32. The van der Waals surface area contributed by atoms with Crippen LogP contribution in [0.25, 0.3) is 0 Å². The number of ether oxygens (including phenoxy) is 1. The number of amides is 3. The highest BCUT2D eigenvalue weighted by molar-refractivity contribution is 7.18. The van der Waals surface area contributed by atoms with E-state index < -0.39 is 73.4 Å². The highest BCUT2D eigenvalue weighted by Crippen LogP contribution is 2.33. The first kappa shape index (κ1) is 32.5. The summed E-state index contributed by atoms with van der Waals surface area (Å²) in [7, 11) is 0. The first-order chi connectivity index (χ1) is 19.0. The first-order valence-corrected chi connectivity index (χ1v) is 12.8. The minimum atomic E-state index is -5.18. The number of hydrogen-bond donors (Lipinski definition) is 2. The van der Waals surface area contributed by atoms with Gasteiger partial charge in [-0.05, 0) is 30.3 Å². The van der Waals surface area contributed by atoms with Crippen LogP contribution in [0.3, 0.4) is 0 Å². The number of rotatable bonds is 10. The maximum absolute atomic E-state index is 13.9. The summed E-state index contributed by atoms with van der Waals surface area (Å²) in [6, 6.07) is 3.21. The number of thiophene rings is 1. The van der Waals surface area contributed by atoms with Gasteiger partial charge in [0.05, 0.1) is 34.6 Å². The molecule has 0 unspecified atom stereocenters. The van der Waals surface area contributed by atoms with Crippen molar-refractivity contribution in [2.24, 2.45) is 0 Å². The van der Waals surface area contributed by atoms with Gasteiger partial charge in [-0.2, -0.15) is 26.3 Å². The van der Waals surface area contributed by atoms with Crippen LogP contribution in [0.15, 0.2) is 30.3 Å². The van der Waals surface area contributed by atoms with E-state index in [2.05, 4.69) is 10.6 Å². The SMILES string of the molecule is O=C(NC[C@H](C(=O)Nc1ccc(N2CCOCC2=O)c(C(F)F)c1)N(CC(F)(F)F)CC(F)(F)F)c1ccc(Cl)s1. The zero-order valence-electron chi connectivity index (χ0n) is 20.6. The molecule has 18 heteroatoms. The van der Waals surface area contributed by atoms with Gasteiger partial charge in [0.2, 0.25) is 5.91 Å². The number of alkyl halides is 8. The molecule has 1 aliphatic heterocycles. The summed E-state index contributed by atoms with van der Waals surface area (Å²) >= 11 is 6.52. The molecule has 1 aromatic heterocycles. The molecule has 2 heterocycles. The van der Waals surface area contributed by atoms with E-state index in [9.17, 15) is 49.5 Å². The summed E-state index contributed by atoms with van der Waals surface area (Å²) in [6.45, 7) is -5.70. The fourth-order valence-corrected chi connectivity index (χ4v) is 4.85. The van der Waals surface area contributed by atoms with Gasteiger partial charge in [-0.25, -0.2) is 8.78 Å². The van der Waals surface area contributed by atoms with Crippen LogP contribution in [0.4, 0.5) is 46.5 Å². The highest BCUT2D eigenvalue weighted by atomic mass is 35.5. The lowest BCUT2D eigenvalue weighted by Gasteiger charge is -2.32. The van der Waals surface area contributed by atoms with Gasteiger partial charge in [0.15, 0.2) is 0 Å². The van der Waals surface area contributed by atoms with Crippen molar-refractivity contribution < 1.29 is 54.2 Å². The van der Waals surface area contributed by atoms with Gasteiger partial charge < -0.3 is 20.3 Å². The summed E-state index contributed by atoms with van der Waals surface area (Å²) in [5.74, 6) is -2.98. The van der Waals surface area contributed by atoms with Gasteiger partial charge in [-0.3, -0.25) is 19.3 Å². The van der Waals surface area contributed by atoms with E-state index in [1.54, 1.807) is 0 Å². The van der Waals surface area contributed by atoms with Gasteiger partial charge in [-0.15, -0.1) is 11.3 Å². The molecule has 41 heavy (non-hydrogen) atoms. The molecule has 0 aliphatic carbocycles. The van der Waals surface area contributed by atoms with Crippen molar-refractivity contribution in [3.05, 3.63) is 45.1 Å². The van der Waals surface area contributed by atoms with Crippen molar-refractivity contribution in [2.45, 2.75) is 24.8 Å². The molecule has 0 bridgehead atoms. The Morgan fingerprint density at radius 2 is 1.73 bits per heavy atom. The second-order valence-corrected chi connectivity index (χ2v) is 10.3. The number of morpholine rings is 1. The minimum Gasteiger partial charge on any atom is -0.370 e. The maximum Gasteiger partial charge on any atom is 0.401 e. The quantitative estimate of drug-likeness (QED) is 0.364. The Hall–Kier alpha value is -3.02. The number of benzene rings is 1. The van der Waals surface area contributed by atoms with Crippen LogP contribution in [-0.4, -0.2) is 80.4 Å². The number of carbonyl (C=O) groups is 3. The molecule has 0 saturated carbocycles. The van der Waals surface area contributed by atoms with Crippen LogP contribution in [0.2, 0.25) is 4.34 Å². The van der Waals surface area contributed by atoms with Crippen molar-refractivity contribution in [1.29, 1.82) is 0 Å². The molecule has 1 saturated heterocycles. The van der Waals surface area contributed by atoms with Crippen molar-refractivity contribution in [2.75, 3.05) is 49.6 Å². The maximum atomic E-state index is 13.9. The van der Waals surface area contributed by atoms with E-state index in [0.29, 0.717) is 0 Å². The number of nitrogens with zero attached hydrogens (tertiary/aromatic N) is 2. The topological polar surface area (TPSA) is 91.0 Å². The number of anilines is 2. The van der Waals surface area contributed by atoms with Gasteiger partial charge in [0.1, 0.15) is 12.6 Å². The van der Waals surface area contributed by atoms with Gasteiger partial charge in [0.25, 0.3) is 18.2 Å². The average Bonchev–Trinajstić information content (AvgIpc) is 3.29. The van der Waals surface area contributed by atoms with Crippen molar-refractivity contribution >= 4 is 52.0 Å². The normalized spacial score (nSPS) is 15.4. The third-order valence-electron chi connectivity index (χ3n) is 5.57. The molecule has 3 amide bonds. The Morgan fingerprint density at radius 1 is 1.07 bits per heavy atom. The van der Waals surface area contributed by atoms with E-state index >= 15 is 0 Å². The molecule has 0 radical (unpaired) electrons. The summed E-state index contributed by atoms with van der Waals surface area (Å²) < 4.78 is 112. The minimum absolute atomic E-state index is 0.0258. The molecule has 0 spiro atoms. The van der Waals surface area contributed by atoms with E-state index in [4.69, 9.17) is 16.3 Å². The van der Waals surface area contributed by atoms with Gasteiger partial charge >= 0.3 is 12.4 Å². The molecular weight excluding hydrogens is 616 g/mol. The fourth-order valence-electron chi connectivity index (χ4n) is 3.89. The van der Waals surface area contributed by atoms with Gasteiger partial charge in [-0.1, -0.05) is 11.6 Å². The molecule has 1 aromatic carbocycles. The Balaban J connectivity index is 1.91. The van der Waals surface area contributed by atoms with E-state index in [0.717, 1.165) is 34.4 Å². The van der Waals surface area contributed by atoms with E-state index in [-0.39, 0.29) is 39.6 Å². The summed E-state index contributed by atoms with van der Waals surface area (Å²) in [4.78, 5) is 38.3. The predicted molar refractivity (Wildman–Crippen MR) is 132 cm³/mol. The van der Waals surface area contributed by atoms with Crippen LogP contribution >= 0.6 is 22.9 Å². The number of carbonyl (C=O) groups excluding carboxylic acids is 3. The predicted octanol–water partition coefficient (Wildman–Crippen LogP) is 4.87. The zero-order chi connectivity index (χ0) is 30.5. The van der Waals surface area contributed by atoms with Crippen LogP contribution in [-0.2, 0) is 14.3 Å². The summed E-state index contributed by atoms with van der Waals surface area (Å²) in [5, 5.41) is 4.17. The van der Waals surface area contributed by atoms with Crippen molar-refractivity contribution in [3.63, 3.8) is 0 Å². The molecule has 3 rings (SSSR count). The highest BCUT2D eigenvalue weighted by Gasteiger charge is 2.42. The second kappa shape index (κ2) is 13.3. The lowest BCUT2D eigenvalue weighted by atomic mass is 10.1. The van der Waals surface area contributed by atoms with Crippen LogP contribution in [0.5, 0.6) is 0 Å². The van der Waals surface area contributed by atoms with Crippen molar-refractivity contribution in [3.8, 4) is 0 Å². The monoisotopic (exact) mass is 636 g/mol. The van der Waals surface area contributed by atoms with Crippen LogP contribution in [0.1, 0.15) is 21.7 Å². The third kappa shape index (κ3) is 9.51. The molecular formula is C23H21ClF8N4O4S. The Morgan fingerprint density at radius 3 is 2.27 bits per heavy atom. The number of nitrogens with one attached hydrogen (secondary N) is 2. The molecule has 2 N–H and O–H groups in total. The average molecular weight is 637 g/mol. The molecule has 1 aliphatic rings. The Labute approximate surface area is 236 Å². The smallest absolute Gasteiger partial charge is 0.370 e. The number of hydrogen-bond acceptors (Lipinski definition) is 6. The fraction of sp³-hybridized carbons (Fsp3) is 0.435. The number of halogens is 9. The Kier molecular flexibility index (Phi) is 10.5. The standard InChI is InChI=1S/C23H21ClF8N4O4S/c24-17-4-3-16(41-17)21(39)33-8-15(35(10-22(27,28)29)11-23(30,31)32)20(38)34-12-1-2-14(13(7-12)19(25)26)36-5-6-40-9-18(36)37/h1-4,7,15,19H,5-6,8-11H2,(H,33,39)(H,34,38)/t15-/m1/s1. The molecule has 2 aromatic rings. The molecule has 1 fully saturated rings. The summed E-state index contributed by atoms with van der Waals surface area (Å²) in [6.07, 6.45) is -13.5. The van der Waals surface area contributed by atoms with Crippen molar-refractivity contribution in [1.82, 2.24) is 10.2 Å². The lowest BCUT2D eigenvalue weighted by molar-refractivity contribution is -0.186. The van der Waals surface area contributed by atoms with E-state index in [1.807, 2.05) is 0 Å². The largest absolute Gasteiger partial charge is 0.401 e. The van der Waals surface area contributed by atoms with Crippen LogP contribution < -0.4 is 15.5 Å². The second-order valence-electron chi connectivity index (χ2n) is 8.63. The zero-order valence-corrected chi connectivity index (χ0v) is 22.2. The third-order valence-corrected chi connectivity index (χ3v) is 6.80. The molecule has 226 valence electrons.